The van der Waals surface area contributed by atoms with Crippen molar-refractivity contribution in [2.45, 2.75) is 26.8 Å². The summed E-state index contributed by atoms with van der Waals surface area (Å²) in [5, 5.41) is 3.59. The van der Waals surface area contributed by atoms with Gasteiger partial charge in [0.05, 0.1) is 6.04 Å². The molecular weight excluding hydrogens is 210 g/mol. The van der Waals surface area contributed by atoms with E-state index in [0.29, 0.717) is 5.02 Å². The average molecular weight is 228 g/mol. The van der Waals surface area contributed by atoms with Gasteiger partial charge in [0.15, 0.2) is 5.78 Å². The van der Waals surface area contributed by atoms with Gasteiger partial charge in [-0.2, -0.15) is 0 Å². The maximum absolute atomic E-state index is 11.2. The van der Waals surface area contributed by atoms with E-state index in [0.717, 1.165) is 5.56 Å². The molecule has 0 aliphatic carbocycles. The number of likely N-dealkylation sites (N-methyl/N-ethyl adjacent to an activating group) is 1. The van der Waals surface area contributed by atoms with Crippen LogP contribution in [0.25, 0.3) is 0 Å². The van der Waals surface area contributed by atoms with E-state index in [1.165, 1.54) is 0 Å². The van der Waals surface area contributed by atoms with Gasteiger partial charge in [-0.05, 0) is 31.7 Å². The van der Waals surface area contributed by atoms with Crippen molar-refractivity contribution in [3.63, 3.8) is 0 Å². The van der Waals surface area contributed by atoms with Crippen LogP contribution in [0.3, 0.4) is 0 Å². The number of rotatable bonds is 3. The molecule has 2 nitrogen and oxygen atoms in total. The quantitative estimate of drug-likeness (QED) is 0.859. The number of carbonyl (C=O) groups is 1. The van der Waals surface area contributed by atoms with E-state index in [4.69, 9.17) is 11.6 Å². The third kappa shape index (κ3) is 4.45. The molecule has 0 aliphatic rings. The number of ketones is 1. The Morgan fingerprint density at radius 3 is 2.40 bits per heavy atom. The Labute approximate surface area is 96.6 Å². The van der Waals surface area contributed by atoms with Crippen LogP contribution in [0.2, 0.25) is 5.02 Å². The van der Waals surface area contributed by atoms with E-state index in [1.54, 1.807) is 26.1 Å². The van der Waals surface area contributed by atoms with Crippen molar-refractivity contribution in [2.24, 2.45) is 0 Å². The first-order valence-corrected chi connectivity index (χ1v) is 5.46. The van der Waals surface area contributed by atoms with Gasteiger partial charge in [-0.1, -0.05) is 37.6 Å². The maximum Gasteiger partial charge on any atom is 0.151 e. The molecule has 0 spiro atoms. The normalized spacial score (nSPS) is 11.3. The third-order valence-electron chi connectivity index (χ3n) is 1.88. The van der Waals surface area contributed by atoms with Crippen LogP contribution >= 0.6 is 11.6 Å². The summed E-state index contributed by atoms with van der Waals surface area (Å²) < 4.78 is 0. The van der Waals surface area contributed by atoms with E-state index in [2.05, 4.69) is 5.32 Å². The van der Waals surface area contributed by atoms with Crippen LogP contribution in [0.4, 0.5) is 0 Å². The van der Waals surface area contributed by atoms with Crippen molar-refractivity contribution < 1.29 is 4.79 Å². The molecule has 0 aliphatic heterocycles. The van der Waals surface area contributed by atoms with Gasteiger partial charge in [-0.3, -0.25) is 4.79 Å². The molecular formula is C12H18ClNO. The number of hydrogen-bond acceptors (Lipinski definition) is 2. The molecule has 0 heterocycles. The lowest BCUT2D eigenvalue weighted by molar-refractivity contribution is -0.119. The van der Waals surface area contributed by atoms with Crippen LogP contribution < -0.4 is 5.32 Å². The Bertz CT molecular complexity index is 312. The van der Waals surface area contributed by atoms with Crippen LogP contribution in [-0.4, -0.2) is 12.8 Å². The molecule has 0 saturated heterocycles. The zero-order valence-corrected chi connectivity index (χ0v) is 10.4. The highest BCUT2D eigenvalue weighted by atomic mass is 35.5. The van der Waals surface area contributed by atoms with Crippen LogP contribution in [0, 0.1) is 0 Å². The summed E-state index contributed by atoms with van der Waals surface area (Å²) in [6, 6.07) is 7.06. The monoisotopic (exact) mass is 227 g/mol. The first kappa shape index (κ1) is 14.1. The Morgan fingerprint density at radius 2 is 2.00 bits per heavy atom. The minimum Gasteiger partial charge on any atom is -0.307 e. The molecule has 84 valence electrons. The predicted octanol–water partition coefficient (Wildman–Crippen LogP) is 3.22. The zero-order chi connectivity index (χ0) is 11.8. The van der Waals surface area contributed by atoms with Gasteiger partial charge in [0.2, 0.25) is 0 Å². The summed E-state index contributed by atoms with van der Waals surface area (Å²) in [5.74, 6) is 0.0877. The van der Waals surface area contributed by atoms with Gasteiger partial charge < -0.3 is 5.32 Å². The fourth-order valence-corrected chi connectivity index (χ4v) is 1.49. The van der Waals surface area contributed by atoms with E-state index in [1.807, 2.05) is 26.0 Å². The number of carbonyl (C=O) groups excluding carboxylic acids is 1. The van der Waals surface area contributed by atoms with Gasteiger partial charge in [0.1, 0.15) is 0 Å². The summed E-state index contributed by atoms with van der Waals surface area (Å²) in [6.45, 7) is 5.56. The van der Waals surface area contributed by atoms with Gasteiger partial charge in [0.25, 0.3) is 0 Å². The zero-order valence-electron chi connectivity index (χ0n) is 9.67. The Kier molecular flexibility index (Phi) is 7.01. The van der Waals surface area contributed by atoms with E-state index in [9.17, 15) is 4.79 Å². The lowest BCUT2D eigenvalue weighted by Crippen LogP contribution is -2.23. The topological polar surface area (TPSA) is 29.1 Å². The third-order valence-corrected chi connectivity index (χ3v) is 2.11. The molecule has 0 bridgehead atoms. The maximum atomic E-state index is 11.2. The fraction of sp³-hybridized carbons (Fsp3) is 0.417. The fourth-order valence-electron chi connectivity index (χ4n) is 1.29. The Hall–Kier alpha value is -0.860. The molecule has 0 fully saturated rings. The van der Waals surface area contributed by atoms with Gasteiger partial charge in [0, 0.05) is 5.02 Å². The smallest absolute Gasteiger partial charge is 0.151 e. The lowest BCUT2D eigenvalue weighted by atomic mass is 10.0. The van der Waals surface area contributed by atoms with Gasteiger partial charge in [-0.25, -0.2) is 0 Å². The molecule has 1 atom stereocenters. The minimum atomic E-state index is -0.251. The molecule has 1 unspecified atom stereocenters. The second kappa shape index (κ2) is 7.43. The summed E-state index contributed by atoms with van der Waals surface area (Å²) in [4.78, 5) is 11.2. The first-order chi connectivity index (χ1) is 7.15. The molecule has 0 amide bonds. The average Bonchev–Trinajstić information content (AvgIpc) is 2.21. The number of halogens is 1. The molecule has 0 saturated carbocycles. The van der Waals surface area contributed by atoms with E-state index in [-0.39, 0.29) is 11.8 Å². The van der Waals surface area contributed by atoms with Crippen molar-refractivity contribution in [3.05, 3.63) is 34.9 Å². The SMILES string of the molecule is CC.CNC(C(C)=O)c1cccc(Cl)c1. The second-order valence-electron chi connectivity index (χ2n) is 2.89. The van der Waals surface area contributed by atoms with Gasteiger partial charge in [-0.15, -0.1) is 0 Å². The van der Waals surface area contributed by atoms with E-state index >= 15 is 0 Å². The number of nitrogens with one attached hydrogen (secondary N) is 1. The summed E-state index contributed by atoms with van der Waals surface area (Å²) in [6.07, 6.45) is 0. The van der Waals surface area contributed by atoms with Crippen molar-refractivity contribution in [1.29, 1.82) is 0 Å². The van der Waals surface area contributed by atoms with E-state index < -0.39 is 0 Å². The highest BCUT2D eigenvalue weighted by molar-refractivity contribution is 6.30. The molecule has 1 N–H and O–H groups in total. The number of Topliss-reactive ketones (excluding diaryl/α,β-unsaturated/α-hetero) is 1. The van der Waals surface area contributed by atoms with Crippen molar-refractivity contribution in [1.82, 2.24) is 5.32 Å². The van der Waals surface area contributed by atoms with Crippen molar-refractivity contribution >= 4 is 17.4 Å². The summed E-state index contributed by atoms with van der Waals surface area (Å²) >= 11 is 5.81. The van der Waals surface area contributed by atoms with Crippen molar-refractivity contribution in [2.75, 3.05) is 7.05 Å². The Balaban J connectivity index is 0.000000921. The molecule has 15 heavy (non-hydrogen) atoms. The first-order valence-electron chi connectivity index (χ1n) is 5.08. The van der Waals surface area contributed by atoms with Crippen LogP contribution in [0.15, 0.2) is 24.3 Å². The largest absolute Gasteiger partial charge is 0.307 e. The van der Waals surface area contributed by atoms with Crippen LogP contribution in [-0.2, 0) is 4.79 Å². The molecule has 3 heteroatoms. The molecule has 0 radical (unpaired) electrons. The molecule has 1 aromatic carbocycles. The van der Waals surface area contributed by atoms with Crippen LogP contribution in [0.1, 0.15) is 32.4 Å². The standard InChI is InChI=1S/C10H12ClNO.C2H6/c1-7(13)10(12-2)8-4-3-5-9(11)6-8;1-2/h3-6,10,12H,1-2H3;1-2H3. The molecule has 0 aromatic heterocycles. The lowest BCUT2D eigenvalue weighted by Gasteiger charge is -2.12. The number of hydrogen-bond donors (Lipinski definition) is 1. The summed E-state index contributed by atoms with van der Waals surface area (Å²) in [7, 11) is 1.76. The molecule has 1 aromatic rings. The molecule has 1 rings (SSSR count). The highest BCUT2D eigenvalue weighted by Gasteiger charge is 2.13. The Morgan fingerprint density at radius 1 is 1.40 bits per heavy atom. The number of benzene rings is 1. The van der Waals surface area contributed by atoms with Crippen molar-refractivity contribution in [3.8, 4) is 0 Å². The van der Waals surface area contributed by atoms with Crippen LogP contribution in [0.5, 0.6) is 0 Å². The summed E-state index contributed by atoms with van der Waals surface area (Å²) in [5.41, 5.74) is 0.905. The second-order valence-corrected chi connectivity index (χ2v) is 3.32. The minimum absolute atomic E-state index is 0.0877. The highest BCUT2D eigenvalue weighted by Crippen LogP contribution is 2.17. The van der Waals surface area contributed by atoms with Gasteiger partial charge >= 0.3 is 0 Å². The predicted molar refractivity (Wildman–Crippen MR) is 65.3 cm³/mol.